The highest BCUT2D eigenvalue weighted by molar-refractivity contribution is 5.49. The van der Waals surface area contributed by atoms with E-state index in [1.807, 2.05) is 36.4 Å². The number of benzene rings is 2. The molecule has 6 nitrogen and oxygen atoms in total. The van der Waals surface area contributed by atoms with Gasteiger partial charge in [-0.15, -0.1) is 5.10 Å². The zero-order valence-electron chi connectivity index (χ0n) is 15.0. The smallest absolute Gasteiger partial charge is 0.181 e. The SMILES string of the molecule is CC[C@@](C)(Nc1ccc(OC)cc1)c1nnnn1-c1cccc(C)c1. The van der Waals surface area contributed by atoms with E-state index in [4.69, 9.17) is 4.74 Å². The van der Waals surface area contributed by atoms with Gasteiger partial charge in [0, 0.05) is 5.69 Å². The predicted molar refractivity (Wildman–Crippen MR) is 98.2 cm³/mol. The fourth-order valence-corrected chi connectivity index (χ4v) is 2.76. The van der Waals surface area contributed by atoms with Gasteiger partial charge >= 0.3 is 0 Å². The molecular formula is C19H23N5O. The topological polar surface area (TPSA) is 64.9 Å². The lowest BCUT2D eigenvalue weighted by Gasteiger charge is -2.29. The van der Waals surface area contributed by atoms with Crippen molar-refractivity contribution >= 4 is 5.69 Å². The van der Waals surface area contributed by atoms with E-state index in [0.717, 1.165) is 29.4 Å². The van der Waals surface area contributed by atoms with Crippen LogP contribution in [0.15, 0.2) is 48.5 Å². The van der Waals surface area contributed by atoms with Crippen molar-refractivity contribution in [1.29, 1.82) is 0 Å². The number of rotatable bonds is 6. The number of tetrazole rings is 1. The molecule has 0 aliphatic heterocycles. The zero-order chi connectivity index (χ0) is 17.9. The summed E-state index contributed by atoms with van der Waals surface area (Å²) in [7, 11) is 1.66. The van der Waals surface area contributed by atoms with Gasteiger partial charge in [0.25, 0.3) is 0 Å². The Morgan fingerprint density at radius 3 is 2.56 bits per heavy atom. The number of hydrogen-bond acceptors (Lipinski definition) is 5. The molecule has 0 bridgehead atoms. The maximum Gasteiger partial charge on any atom is 0.181 e. The summed E-state index contributed by atoms with van der Waals surface area (Å²) in [6.45, 7) is 6.28. The molecule has 0 amide bonds. The maximum absolute atomic E-state index is 5.22. The number of aromatic nitrogens is 4. The van der Waals surface area contributed by atoms with Crippen LogP contribution in [0.1, 0.15) is 31.7 Å². The van der Waals surface area contributed by atoms with Crippen LogP contribution in [0.25, 0.3) is 5.69 Å². The van der Waals surface area contributed by atoms with Crippen LogP contribution in [0, 0.1) is 6.92 Å². The quantitative estimate of drug-likeness (QED) is 0.743. The van der Waals surface area contributed by atoms with Gasteiger partial charge in [-0.25, -0.2) is 0 Å². The summed E-state index contributed by atoms with van der Waals surface area (Å²) < 4.78 is 7.02. The molecule has 6 heteroatoms. The normalized spacial score (nSPS) is 13.3. The number of aryl methyl sites for hydroxylation is 1. The van der Waals surface area contributed by atoms with Crippen LogP contribution in [0.5, 0.6) is 5.75 Å². The first-order valence-electron chi connectivity index (χ1n) is 8.34. The van der Waals surface area contributed by atoms with E-state index in [1.165, 1.54) is 5.56 Å². The first-order valence-corrected chi connectivity index (χ1v) is 8.34. The Balaban J connectivity index is 1.96. The largest absolute Gasteiger partial charge is 0.497 e. The number of nitrogens with zero attached hydrogens (tertiary/aromatic N) is 4. The standard InChI is InChI=1S/C19H23N5O/c1-5-19(3,20-15-9-11-17(25-4)12-10-15)18-21-22-23-24(18)16-8-6-7-14(2)13-16/h6-13,20H,5H2,1-4H3/t19-/m1/s1. The Morgan fingerprint density at radius 1 is 1.16 bits per heavy atom. The summed E-state index contributed by atoms with van der Waals surface area (Å²) in [4.78, 5) is 0. The molecule has 25 heavy (non-hydrogen) atoms. The highest BCUT2D eigenvalue weighted by Crippen LogP contribution is 2.29. The highest BCUT2D eigenvalue weighted by Gasteiger charge is 2.31. The monoisotopic (exact) mass is 337 g/mol. The average Bonchev–Trinajstić information content (AvgIpc) is 3.13. The van der Waals surface area contributed by atoms with E-state index in [0.29, 0.717) is 0 Å². The molecule has 0 spiro atoms. The number of hydrogen-bond donors (Lipinski definition) is 1. The van der Waals surface area contributed by atoms with Gasteiger partial charge < -0.3 is 10.1 Å². The third kappa shape index (κ3) is 3.47. The van der Waals surface area contributed by atoms with Gasteiger partial charge in [0.15, 0.2) is 5.82 Å². The molecule has 0 unspecified atom stereocenters. The highest BCUT2D eigenvalue weighted by atomic mass is 16.5. The zero-order valence-corrected chi connectivity index (χ0v) is 15.0. The maximum atomic E-state index is 5.22. The molecule has 3 aromatic rings. The average molecular weight is 337 g/mol. The van der Waals surface area contributed by atoms with Crippen molar-refractivity contribution in [3.05, 3.63) is 59.9 Å². The number of anilines is 1. The third-order valence-electron chi connectivity index (χ3n) is 4.43. The molecule has 3 rings (SSSR count). The molecule has 0 saturated heterocycles. The van der Waals surface area contributed by atoms with Gasteiger partial charge in [-0.1, -0.05) is 19.1 Å². The minimum atomic E-state index is -0.415. The van der Waals surface area contributed by atoms with Crippen LogP contribution < -0.4 is 10.1 Å². The Morgan fingerprint density at radius 2 is 1.92 bits per heavy atom. The van der Waals surface area contributed by atoms with Crippen LogP contribution >= 0.6 is 0 Å². The molecule has 1 aromatic heterocycles. The second kappa shape index (κ2) is 6.93. The van der Waals surface area contributed by atoms with Crippen molar-refractivity contribution in [2.24, 2.45) is 0 Å². The van der Waals surface area contributed by atoms with E-state index in [-0.39, 0.29) is 0 Å². The Hall–Kier alpha value is -2.89. The minimum Gasteiger partial charge on any atom is -0.497 e. The summed E-state index contributed by atoms with van der Waals surface area (Å²) in [6.07, 6.45) is 0.825. The molecule has 0 radical (unpaired) electrons. The van der Waals surface area contributed by atoms with Gasteiger partial charge in [-0.05, 0) is 72.7 Å². The van der Waals surface area contributed by atoms with Crippen molar-refractivity contribution in [3.8, 4) is 11.4 Å². The van der Waals surface area contributed by atoms with Crippen molar-refractivity contribution in [3.63, 3.8) is 0 Å². The van der Waals surface area contributed by atoms with Crippen LogP contribution in [-0.2, 0) is 5.54 Å². The van der Waals surface area contributed by atoms with Crippen molar-refractivity contribution < 1.29 is 4.74 Å². The van der Waals surface area contributed by atoms with E-state index in [9.17, 15) is 0 Å². The van der Waals surface area contributed by atoms with Gasteiger partial charge in [-0.3, -0.25) is 0 Å². The molecular weight excluding hydrogens is 314 g/mol. The summed E-state index contributed by atoms with van der Waals surface area (Å²) in [6, 6.07) is 16.0. The first-order chi connectivity index (χ1) is 12.1. The molecule has 0 aliphatic rings. The summed E-state index contributed by atoms with van der Waals surface area (Å²) in [5.74, 6) is 1.60. The first kappa shape index (κ1) is 17.0. The molecule has 1 atom stereocenters. The molecule has 1 heterocycles. The van der Waals surface area contributed by atoms with Gasteiger partial charge in [0.05, 0.1) is 18.3 Å². The van der Waals surface area contributed by atoms with Crippen molar-refractivity contribution in [2.45, 2.75) is 32.7 Å². The Labute approximate surface area is 147 Å². The molecule has 0 fully saturated rings. The molecule has 0 aliphatic carbocycles. The van der Waals surface area contributed by atoms with Crippen molar-refractivity contribution in [1.82, 2.24) is 20.2 Å². The lowest BCUT2D eigenvalue weighted by molar-refractivity contribution is 0.414. The van der Waals surface area contributed by atoms with Crippen LogP contribution in [-0.4, -0.2) is 27.3 Å². The lowest BCUT2D eigenvalue weighted by Crippen LogP contribution is -2.34. The summed E-state index contributed by atoms with van der Waals surface area (Å²) in [5, 5.41) is 16.0. The van der Waals surface area contributed by atoms with Gasteiger partial charge in [0.1, 0.15) is 5.75 Å². The lowest BCUT2D eigenvalue weighted by atomic mass is 9.97. The molecule has 0 saturated carbocycles. The van der Waals surface area contributed by atoms with Crippen LogP contribution in [0.4, 0.5) is 5.69 Å². The summed E-state index contributed by atoms with van der Waals surface area (Å²) in [5.41, 5.74) is 2.70. The van der Waals surface area contributed by atoms with Crippen LogP contribution in [0.2, 0.25) is 0 Å². The van der Waals surface area contributed by atoms with Crippen LogP contribution in [0.3, 0.4) is 0 Å². The fraction of sp³-hybridized carbons (Fsp3) is 0.316. The molecule has 1 N–H and O–H groups in total. The van der Waals surface area contributed by atoms with E-state index in [1.54, 1.807) is 11.8 Å². The predicted octanol–water partition coefficient (Wildman–Crippen LogP) is 3.72. The van der Waals surface area contributed by atoms with E-state index >= 15 is 0 Å². The van der Waals surface area contributed by atoms with E-state index in [2.05, 4.69) is 53.7 Å². The van der Waals surface area contributed by atoms with Gasteiger partial charge in [0.2, 0.25) is 0 Å². The molecule has 130 valence electrons. The Kier molecular flexibility index (Phi) is 4.70. The van der Waals surface area contributed by atoms with Crippen molar-refractivity contribution in [2.75, 3.05) is 12.4 Å². The number of ether oxygens (including phenoxy) is 1. The van der Waals surface area contributed by atoms with E-state index < -0.39 is 5.54 Å². The fourth-order valence-electron chi connectivity index (χ4n) is 2.76. The Bertz CT molecular complexity index is 843. The van der Waals surface area contributed by atoms with Gasteiger partial charge in [-0.2, -0.15) is 4.68 Å². The second-order valence-corrected chi connectivity index (χ2v) is 6.29. The number of nitrogens with one attached hydrogen (secondary N) is 1. The molecule has 2 aromatic carbocycles. The number of methoxy groups -OCH3 is 1. The minimum absolute atomic E-state index is 0.415. The summed E-state index contributed by atoms with van der Waals surface area (Å²) >= 11 is 0. The third-order valence-corrected chi connectivity index (χ3v) is 4.43. The second-order valence-electron chi connectivity index (χ2n) is 6.29.